The summed E-state index contributed by atoms with van der Waals surface area (Å²) >= 11 is 0. The van der Waals surface area contributed by atoms with Gasteiger partial charge in [0, 0.05) is 11.4 Å². The normalized spacial score (nSPS) is 9.83. The van der Waals surface area contributed by atoms with Crippen LogP contribution in [0.5, 0.6) is 0 Å². The van der Waals surface area contributed by atoms with Crippen LogP contribution in [0.25, 0.3) is 0 Å². The number of nitrogens with two attached hydrogens (primary N) is 4. The number of hydrogen-bond acceptors (Lipinski definition) is 4. The first-order chi connectivity index (χ1) is 8.53. The summed E-state index contributed by atoms with van der Waals surface area (Å²) in [5.41, 5.74) is 27.3. The molecule has 0 heterocycles. The molecule has 1 rings (SSSR count). The molecule has 1 aromatic carbocycles. The molecule has 0 saturated carbocycles. The van der Waals surface area contributed by atoms with Crippen LogP contribution in [-0.2, 0) is 12.8 Å². The Bertz CT molecular complexity index is 359. The fourth-order valence-electron chi connectivity index (χ4n) is 1.79. The fourth-order valence-corrected chi connectivity index (χ4v) is 1.79. The molecule has 4 heteroatoms. The number of anilines is 2. The van der Waals surface area contributed by atoms with E-state index in [-0.39, 0.29) is 0 Å². The molecule has 18 heavy (non-hydrogen) atoms. The monoisotopic (exact) mass is 252 g/mol. The molecule has 0 bridgehead atoms. The van der Waals surface area contributed by atoms with Gasteiger partial charge in [0.05, 0.1) is 0 Å². The summed E-state index contributed by atoms with van der Waals surface area (Å²) in [7, 11) is 0. The second-order valence-electron chi connectivity index (χ2n) is 4.30. The van der Waals surface area contributed by atoms with Gasteiger partial charge in [-0.3, -0.25) is 0 Å². The molecule has 0 aliphatic heterocycles. The van der Waals surface area contributed by atoms with Crippen LogP contribution >= 0.6 is 0 Å². The van der Waals surface area contributed by atoms with Gasteiger partial charge in [0.15, 0.2) is 0 Å². The van der Waals surface area contributed by atoms with Gasteiger partial charge in [-0.2, -0.15) is 0 Å². The van der Waals surface area contributed by atoms with Crippen molar-refractivity contribution in [1.29, 1.82) is 0 Å². The second-order valence-corrected chi connectivity index (χ2v) is 4.30. The molecule has 0 radical (unpaired) electrons. The summed E-state index contributed by atoms with van der Waals surface area (Å²) in [4.78, 5) is 0. The number of aryl methyl sites for hydroxylation is 2. The molecule has 0 saturated heterocycles. The molecule has 1 aromatic rings. The molecule has 0 aliphatic carbocycles. The Morgan fingerprint density at radius 2 is 1.50 bits per heavy atom. The van der Waals surface area contributed by atoms with Crippen LogP contribution in [0.3, 0.4) is 0 Å². The zero-order valence-corrected chi connectivity index (χ0v) is 11.9. The molecular formula is C14H28N4. The van der Waals surface area contributed by atoms with Gasteiger partial charge in [0.25, 0.3) is 0 Å². The molecule has 8 N–H and O–H groups in total. The van der Waals surface area contributed by atoms with E-state index in [1.54, 1.807) is 0 Å². The van der Waals surface area contributed by atoms with Gasteiger partial charge in [0.2, 0.25) is 0 Å². The van der Waals surface area contributed by atoms with E-state index in [0.717, 1.165) is 54.9 Å². The van der Waals surface area contributed by atoms with Crippen molar-refractivity contribution in [2.75, 3.05) is 24.6 Å². The molecule has 0 atom stereocenters. The quantitative estimate of drug-likeness (QED) is 0.611. The van der Waals surface area contributed by atoms with Gasteiger partial charge < -0.3 is 22.9 Å². The summed E-state index contributed by atoms with van der Waals surface area (Å²) in [6.07, 6.45) is 2.83. The van der Waals surface area contributed by atoms with E-state index in [2.05, 4.69) is 19.9 Å². The first-order valence-corrected chi connectivity index (χ1v) is 6.59. The zero-order valence-electron chi connectivity index (χ0n) is 11.9. The van der Waals surface area contributed by atoms with Crippen LogP contribution in [0.2, 0.25) is 0 Å². The van der Waals surface area contributed by atoms with Crippen molar-refractivity contribution >= 4 is 11.4 Å². The van der Waals surface area contributed by atoms with E-state index in [9.17, 15) is 0 Å². The van der Waals surface area contributed by atoms with Crippen molar-refractivity contribution in [3.63, 3.8) is 0 Å². The highest BCUT2D eigenvalue weighted by molar-refractivity contribution is 5.68. The number of hydrogen-bond donors (Lipinski definition) is 4. The van der Waals surface area contributed by atoms with Gasteiger partial charge >= 0.3 is 0 Å². The SMILES string of the molecule is CCc1cc(C)c(N)c(CC)c1N.NCCCN. The Labute approximate surface area is 111 Å². The van der Waals surface area contributed by atoms with Crippen LogP contribution in [0, 0.1) is 6.92 Å². The van der Waals surface area contributed by atoms with Crippen molar-refractivity contribution in [3.05, 3.63) is 22.8 Å². The first-order valence-electron chi connectivity index (χ1n) is 6.59. The number of nitrogen functional groups attached to an aromatic ring is 2. The average Bonchev–Trinajstić information content (AvgIpc) is 2.36. The van der Waals surface area contributed by atoms with Crippen LogP contribution in [0.4, 0.5) is 11.4 Å². The fraction of sp³-hybridized carbons (Fsp3) is 0.571. The molecular weight excluding hydrogens is 224 g/mol. The number of benzene rings is 1. The molecule has 0 amide bonds. The lowest BCUT2D eigenvalue weighted by molar-refractivity contribution is 0.844. The van der Waals surface area contributed by atoms with E-state index in [0.29, 0.717) is 0 Å². The molecule has 104 valence electrons. The highest BCUT2D eigenvalue weighted by atomic mass is 14.6. The predicted octanol–water partition coefficient (Wildman–Crippen LogP) is 1.58. The van der Waals surface area contributed by atoms with Crippen molar-refractivity contribution in [2.45, 2.75) is 40.0 Å². The van der Waals surface area contributed by atoms with Gasteiger partial charge in [-0.25, -0.2) is 0 Å². The van der Waals surface area contributed by atoms with Crippen LogP contribution in [-0.4, -0.2) is 13.1 Å². The zero-order chi connectivity index (χ0) is 14.1. The Morgan fingerprint density at radius 1 is 0.944 bits per heavy atom. The van der Waals surface area contributed by atoms with Crippen molar-refractivity contribution < 1.29 is 0 Å². The summed E-state index contributed by atoms with van der Waals surface area (Å²) < 4.78 is 0. The third-order valence-electron chi connectivity index (χ3n) is 2.95. The average molecular weight is 252 g/mol. The van der Waals surface area contributed by atoms with E-state index in [4.69, 9.17) is 22.9 Å². The molecule has 0 unspecified atom stereocenters. The van der Waals surface area contributed by atoms with Crippen LogP contribution in [0.1, 0.15) is 37.0 Å². The maximum absolute atomic E-state index is 5.99. The molecule has 0 aromatic heterocycles. The predicted molar refractivity (Wildman–Crippen MR) is 81.5 cm³/mol. The minimum atomic E-state index is 0.719. The molecule has 4 nitrogen and oxygen atoms in total. The minimum Gasteiger partial charge on any atom is -0.398 e. The van der Waals surface area contributed by atoms with Crippen molar-refractivity contribution in [1.82, 2.24) is 0 Å². The van der Waals surface area contributed by atoms with Gasteiger partial charge in [-0.05, 0) is 56.0 Å². The minimum absolute atomic E-state index is 0.719. The lowest BCUT2D eigenvalue weighted by Crippen LogP contribution is -2.06. The lowest BCUT2D eigenvalue weighted by Gasteiger charge is -2.14. The summed E-state index contributed by atoms with van der Waals surface area (Å²) in [6.45, 7) is 7.67. The summed E-state index contributed by atoms with van der Waals surface area (Å²) in [5, 5.41) is 0. The highest BCUT2D eigenvalue weighted by Gasteiger charge is 2.08. The number of rotatable bonds is 4. The van der Waals surface area contributed by atoms with E-state index < -0.39 is 0 Å². The maximum Gasteiger partial charge on any atom is 0.0399 e. The largest absolute Gasteiger partial charge is 0.398 e. The van der Waals surface area contributed by atoms with Crippen molar-refractivity contribution in [3.8, 4) is 0 Å². The van der Waals surface area contributed by atoms with Crippen LogP contribution < -0.4 is 22.9 Å². The van der Waals surface area contributed by atoms with E-state index in [1.807, 2.05) is 6.92 Å². The Balaban J connectivity index is 0.000000494. The van der Waals surface area contributed by atoms with Gasteiger partial charge in [-0.15, -0.1) is 0 Å². The van der Waals surface area contributed by atoms with E-state index >= 15 is 0 Å². The van der Waals surface area contributed by atoms with Gasteiger partial charge in [0.1, 0.15) is 0 Å². The highest BCUT2D eigenvalue weighted by Crippen LogP contribution is 2.28. The molecule has 0 fully saturated rings. The summed E-state index contributed by atoms with van der Waals surface area (Å²) in [6, 6.07) is 2.09. The Kier molecular flexibility index (Phi) is 8.16. The molecule has 0 aliphatic rings. The molecule has 0 spiro atoms. The van der Waals surface area contributed by atoms with E-state index in [1.165, 1.54) is 5.56 Å². The van der Waals surface area contributed by atoms with Gasteiger partial charge in [-0.1, -0.05) is 19.9 Å². The Morgan fingerprint density at radius 3 is 1.83 bits per heavy atom. The lowest BCUT2D eigenvalue weighted by atomic mass is 9.98. The second kappa shape index (κ2) is 8.78. The topological polar surface area (TPSA) is 104 Å². The smallest absolute Gasteiger partial charge is 0.0399 e. The standard InChI is InChI=1S/C11H18N2.C3H10N2/c1-4-8-6-7(3)10(12)9(5-2)11(8)13;4-2-1-3-5/h6H,4-5,12-13H2,1-3H3;1-5H2. The third kappa shape index (κ3) is 4.55. The van der Waals surface area contributed by atoms with Crippen molar-refractivity contribution in [2.24, 2.45) is 11.5 Å². The Hall–Kier alpha value is -1.26. The van der Waals surface area contributed by atoms with Crippen LogP contribution in [0.15, 0.2) is 6.07 Å². The maximum atomic E-state index is 5.99. The third-order valence-corrected chi connectivity index (χ3v) is 2.95. The first kappa shape index (κ1) is 16.7. The summed E-state index contributed by atoms with van der Waals surface area (Å²) in [5.74, 6) is 0.